The minimum atomic E-state index is 0.591. The minimum Gasteiger partial charge on any atom is -0.497 e. The summed E-state index contributed by atoms with van der Waals surface area (Å²) in [5.74, 6) is 0.839. The van der Waals surface area contributed by atoms with Crippen LogP contribution in [0, 0.1) is 11.3 Å². The van der Waals surface area contributed by atoms with E-state index < -0.39 is 0 Å². The fraction of sp³-hybridized carbons (Fsp3) is 0.286. The van der Waals surface area contributed by atoms with E-state index in [2.05, 4.69) is 16.4 Å². The van der Waals surface area contributed by atoms with Crippen LogP contribution in [0.4, 0.5) is 0 Å². The van der Waals surface area contributed by atoms with Crippen molar-refractivity contribution < 1.29 is 4.74 Å². The number of methoxy groups -OCH3 is 1. The standard InChI is InChI=1S/C14H14N2OS/c1-17-12-6-4-5-11(9-12)13-10-18-14(16-13)7-2-3-8-15/h4-6,9-10H,2-3,7H2,1H3. The number of rotatable bonds is 5. The van der Waals surface area contributed by atoms with Gasteiger partial charge < -0.3 is 4.74 Å². The molecule has 18 heavy (non-hydrogen) atoms. The van der Waals surface area contributed by atoms with Crippen molar-refractivity contribution in [2.75, 3.05) is 7.11 Å². The third-order valence-electron chi connectivity index (χ3n) is 2.60. The van der Waals surface area contributed by atoms with E-state index in [-0.39, 0.29) is 0 Å². The maximum atomic E-state index is 8.50. The van der Waals surface area contributed by atoms with Crippen LogP contribution in [-0.4, -0.2) is 12.1 Å². The van der Waals surface area contributed by atoms with Crippen LogP contribution in [0.15, 0.2) is 29.6 Å². The first kappa shape index (κ1) is 12.6. The van der Waals surface area contributed by atoms with Gasteiger partial charge in [0.05, 0.1) is 23.9 Å². The molecular formula is C14H14N2OS. The molecule has 0 fully saturated rings. The number of nitrogens with zero attached hydrogens (tertiary/aromatic N) is 2. The first-order chi connectivity index (χ1) is 8.83. The number of ether oxygens (including phenoxy) is 1. The summed E-state index contributed by atoms with van der Waals surface area (Å²) < 4.78 is 5.20. The molecule has 0 unspecified atom stereocenters. The van der Waals surface area contributed by atoms with E-state index in [1.54, 1.807) is 18.4 Å². The van der Waals surface area contributed by atoms with Crippen molar-refractivity contribution in [1.82, 2.24) is 4.98 Å². The number of unbranched alkanes of at least 4 members (excludes halogenated alkanes) is 1. The van der Waals surface area contributed by atoms with Crippen molar-refractivity contribution in [3.8, 4) is 23.1 Å². The highest BCUT2D eigenvalue weighted by molar-refractivity contribution is 7.09. The molecule has 0 atom stereocenters. The van der Waals surface area contributed by atoms with Crippen LogP contribution in [0.5, 0.6) is 5.75 Å². The van der Waals surface area contributed by atoms with E-state index >= 15 is 0 Å². The summed E-state index contributed by atoms with van der Waals surface area (Å²) in [6.45, 7) is 0. The topological polar surface area (TPSA) is 45.9 Å². The van der Waals surface area contributed by atoms with Crippen LogP contribution in [0.3, 0.4) is 0 Å². The normalized spacial score (nSPS) is 10.0. The predicted molar refractivity (Wildman–Crippen MR) is 72.7 cm³/mol. The quantitative estimate of drug-likeness (QED) is 0.769. The average Bonchev–Trinajstić information content (AvgIpc) is 2.88. The van der Waals surface area contributed by atoms with Crippen LogP contribution in [0.2, 0.25) is 0 Å². The number of aryl methyl sites for hydroxylation is 1. The molecular weight excluding hydrogens is 244 g/mol. The molecule has 0 saturated carbocycles. The molecule has 92 valence electrons. The molecule has 0 spiro atoms. The smallest absolute Gasteiger partial charge is 0.119 e. The van der Waals surface area contributed by atoms with E-state index in [0.29, 0.717) is 6.42 Å². The lowest BCUT2D eigenvalue weighted by atomic mass is 10.1. The molecule has 0 aliphatic rings. The molecule has 0 N–H and O–H groups in total. The zero-order valence-electron chi connectivity index (χ0n) is 10.2. The van der Waals surface area contributed by atoms with Gasteiger partial charge in [0.25, 0.3) is 0 Å². The SMILES string of the molecule is COc1cccc(-c2csc(CCCC#N)n2)c1. The highest BCUT2D eigenvalue weighted by Gasteiger charge is 2.05. The molecule has 0 radical (unpaired) electrons. The monoisotopic (exact) mass is 258 g/mol. The van der Waals surface area contributed by atoms with E-state index in [0.717, 1.165) is 34.9 Å². The number of hydrogen-bond acceptors (Lipinski definition) is 4. The third kappa shape index (κ3) is 3.08. The Bertz CT molecular complexity index is 557. The van der Waals surface area contributed by atoms with Crippen LogP contribution < -0.4 is 4.74 Å². The lowest BCUT2D eigenvalue weighted by Gasteiger charge is -2.01. The Balaban J connectivity index is 2.11. The van der Waals surface area contributed by atoms with Gasteiger partial charge in [-0.05, 0) is 18.6 Å². The Kier molecular flexibility index (Phi) is 4.32. The summed E-state index contributed by atoms with van der Waals surface area (Å²) >= 11 is 1.65. The van der Waals surface area contributed by atoms with Crippen molar-refractivity contribution in [2.45, 2.75) is 19.3 Å². The zero-order chi connectivity index (χ0) is 12.8. The van der Waals surface area contributed by atoms with Gasteiger partial charge in [-0.2, -0.15) is 5.26 Å². The Labute approximate surface area is 111 Å². The first-order valence-corrected chi connectivity index (χ1v) is 6.67. The summed E-state index contributed by atoms with van der Waals surface area (Å²) in [7, 11) is 1.66. The van der Waals surface area contributed by atoms with Crippen LogP contribution in [-0.2, 0) is 6.42 Å². The van der Waals surface area contributed by atoms with Gasteiger partial charge in [-0.15, -0.1) is 11.3 Å². The molecule has 0 aliphatic heterocycles. The van der Waals surface area contributed by atoms with E-state index in [1.165, 1.54) is 0 Å². The van der Waals surface area contributed by atoms with Crippen molar-refractivity contribution in [1.29, 1.82) is 5.26 Å². The largest absolute Gasteiger partial charge is 0.497 e. The maximum absolute atomic E-state index is 8.50. The maximum Gasteiger partial charge on any atom is 0.119 e. The van der Waals surface area contributed by atoms with Gasteiger partial charge in [-0.25, -0.2) is 4.98 Å². The van der Waals surface area contributed by atoms with Gasteiger partial charge in [-0.1, -0.05) is 12.1 Å². The van der Waals surface area contributed by atoms with Crippen molar-refractivity contribution in [2.24, 2.45) is 0 Å². The van der Waals surface area contributed by atoms with Gasteiger partial charge in [0.1, 0.15) is 5.75 Å². The second kappa shape index (κ2) is 6.18. The van der Waals surface area contributed by atoms with Gasteiger partial charge in [0, 0.05) is 23.8 Å². The molecule has 2 aromatic rings. The minimum absolute atomic E-state index is 0.591. The van der Waals surface area contributed by atoms with Gasteiger partial charge >= 0.3 is 0 Å². The predicted octanol–water partition coefficient (Wildman–Crippen LogP) is 3.66. The Morgan fingerprint density at radius 1 is 1.44 bits per heavy atom. The van der Waals surface area contributed by atoms with Crippen LogP contribution >= 0.6 is 11.3 Å². The van der Waals surface area contributed by atoms with Gasteiger partial charge in [0.2, 0.25) is 0 Å². The molecule has 0 saturated heterocycles. The Morgan fingerprint density at radius 2 is 2.33 bits per heavy atom. The van der Waals surface area contributed by atoms with Gasteiger partial charge in [0.15, 0.2) is 0 Å². The lowest BCUT2D eigenvalue weighted by molar-refractivity contribution is 0.415. The molecule has 1 aromatic heterocycles. The molecule has 0 aliphatic carbocycles. The summed E-state index contributed by atoms with van der Waals surface area (Å²) in [6.07, 6.45) is 2.35. The third-order valence-corrected chi connectivity index (χ3v) is 3.51. The van der Waals surface area contributed by atoms with Crippen molar-refractivity contribution in [3.05, 3.63) is 34.7 Å². The molecule has 0 amide bonds. The fourth-order valence-electron chi connectivity index (χ4n) is 1.66. The number of thiazole rings is 1. The number of nitriles is 1. The van der Waals surface area contributed by atoms with E-state index in [1.807, 2.05) is 24.3 Å². The molecule has 0 bridgehead atoms. The fourth-order valence-corrected chi connectivity index (χ4v) is 2.51. The van der Waals surface area contributed by atoms with E-state index in [9.17, 15) is 0 Å². The first-order valence-electron chi connectivity index (χ1n) is 5.79. The average molecular weight is 258 g/mol. The Hall–Kier alpha value is -1.86. The van der Waals surface area contributed by atoms with Crippen LogP contribution in [0.1, 0.15) is 17.8 Å². The molecule has 3 nitrogen and oxygen atoms in total. The van der Waals surface area contributed by atoms with Crippen molar-refractivity contribution in [3.63, 3.8) is 0 Å². The highest BCUT2D eigenvalue weighted by Crippen LogP contribution is 2.25. The number of aromatic nitrogens is 1. The summed E-state index contributed by atoms with van der Waals surface area (Å²) in [5.41, 5.74) is 2.04. The molecule has 2 rings (SSSR count). The molecule has 4 heteroatoms. The molecule has 1 heterocycles. The van der Waals surface area contributed by atoms with Crippen molar-refractivity contribution >= 4 is 11.3 Å². The second-order valence-corrected chi connectivity index (χ2v) is 4.81. The highest BCUT2D eigenvalue weighted by atomic mass is 32.1. The summed E-state index contributed by atoms with van der Waals surface area (Å²) in [4.78, 5) is 4.58. The zero-order valence-corrected chi connectivity index (χ0v) is 11.0. The summed E-state index contributed by atoms with van der Waals surface area (Å²) in [6, 6.07) is 10.0. The van der Waals surface area contributed by atoms with Crippen LogP contribution in [0.25, 0.3) is 11.3 Å². The number of benzene rings is 1. The number of hydrogen-bond donors (Lipinski definition) is 0. The molecule has 1 aromatic carbocycles. The van der Waals surface area contributed by atoms with E-state index in [4.69, 9.17) is 10.00 Å². The second-order valence-electron chi connectivity index (χ2n) is 3.87. The lowest BCUT2D eigenvalue weighted by Crippen LogP contribution is -1.86. The summed E-state index contributed by atoms with van der Waals surface area (Å²) in [5, 5.41) is 11.6. The Morgan fingerprint density at radius 3 is 3.11 bits per heavy atom. The van der Waals surface area contributed by atoms with Gasteiger partial charge in [-0.3, -0.25) is 0 Å².